The zero-order chi connectivity index (χ0) is 15.4. The molecule has 0 heterocycles. The van der Waals surface area contributed by atoms with Crippen molar-refractivity contribution in [2.45, 2.75) is 46.3 Å². The molecule has 0 aromatic carbocycles. The minimum Gasteiger partial charge on any atom is -0.394 e. The Labute approximate surface area is 123 Å². The lowest BCUT2D eigenvalue weighted by molar-refractivity contribution is -0.0542. The van der Waals surface area contributed by atoms with Gasteiger partial charge in [-0.3, -0.25) is 0 Å². The highest BCUT2D eigenvalue weighted by Gasteiger charge is 2.18. The first-order chi connectivity index (χ1) is 9.39. The third-order valence-electron chi connectivity index (χ3n) is 2.70. The molecule has 0 bridgehead atoms. The predicted molar refractivity (Wildman–Crippen MR) is 79.0 cm³/mol. The summed E-state index contributed by atoms with van der Waals surface area (Å²) in [6, 6.07) is 0. The molecule has 0 saturated carbocycles. The third-order valence-corrected chi connectivity index (χ3v) is 2.70. The van der Waals surface area contributed by atoms with Gasteiger partial charge in [0.05, 0.1) is 51.8 Å². The summed E-state index contributed by atoms with van der Waals surface area (Å²) in [6.07, 6.45) is 1.11. The van der Waals surface area contributed by atoms with Gasteiger partial charge < -0.3 is 24.1 Å². The van der Waals surface area contributed by atoms with Crippen molar-refractivity contribution in [2.75, 3.05) is 46.8 Å². The topological polar surface area (TPSA) is 57.2 Å². The van der Waals surface area contributed by atoms with Gasteiger partial charge in [0.15, 0.2) is 0 Å². The van der Waals surface area contributed by atoms with Gasteiger partial charge in [-0.05, 0) is 18.8 Å². The Morgan fingerprint density at radius 3 is 2.20 bits per heavy atom. The molecule has 1 N–H and O–H groups in total. The van der Waals surface area contributed by atoms with E-state index in [1.165, 1.54) is 0 Å². The molecule has 122 valence electrons. The first-order valence-corrected chi connectivity index (χ1v) is 7.29. The van der Waals surface area contributed by atoms with E-state index in [9.17, 15) is 0 Å². The fraction of sp³-hybridized carbons (Fsp3) is 1.00. The fourth-order valence-electron chi connectivity index (χ4n) is 1.78. The second-order valence-corrected chi connectivity index (χ2v) is 6.18. The zero-order valence-electron chi connectivity index (χ0n) is 13.7. The van der Waals surface area contributed by atoms with Crippen molar-refractivity contribution in [1.29, 1.82) is 0 Å². The van der Waals surface area contributed by atoms with Gasteiger partial charge >= 0.3 is 0 Å². The van der Waals surface area contributed by atoms with Gasteiger partial charge in [0, 0.05) is 7.11 Å². The predicted octanol–water partition coefficient (Wildman–Crippen LogP) is 1.87. The van der Waals surface area contributed by atoms with Crippen LogP contribution in [0.15, 0.2) is 0 Å². The van der Waals surface area contributed by atoms with Crippen molar-refractivity contribution in [3.63, 3.8) is 0 Å². The Bertz CT molecular complexity index is 215. The summed E-state index contributed by atoms with van der Waals surface area (Å²) in [7, 11) is 1.72. The van der Waals surface area contributed by atoms with E-state index in [0.29, 0.717) is 33.0 Å². The molecule has 0 amide bonds. The van der Waals surface area contributed by atoms with E-state index in [-0.39, 0.29) is 24.2 Å². The second-order valence-electron chi connectivity index (χ2n) is 6.18. The van der Waals surface area contributed by atoms with Gasteiger partial charge in [-0.1, -0.05) is 20.8 Å². The Morgan fingerprint density at radius 2 is 1.65 bits per heavy atom. The minimum atomic E-state index is 0.0120. The average Bonchev–Trinajstić information content (AvgIpc) is 2.36. The summed E-state index contributed by atoms with van der Waals surface area (Å²) in [5.41, 5.74) is 0.235. The van der Waals surface area contributed by atoms with Gasteiger partial charge in [0.1, 0.15) is 0 Å². The number of aliphatic hydroxyl groups excluding tert-OH is 1. The summed E-state index contributed by atoms with van der Waals surface area (Å²) < 4.78 is 21.7. The van der Waals surface area contributed by atoms with Crippen molar-refractivity contribution in [3.8, 4) is 0 Å². The summed E-state index contributed by atoms with van der Waals surface area (Å²) in [4.78, 5) is 0. The largest absolute Gasteiger partial charge is 0.394 e. The van der Waals surface area contributed by atoms with Gasteiger partial charge in [-0.2, -0.15) is 0 Å². The smallest absolute Gasteiger partial charge is 0.0809 e. The van der Waals surface area contributed by atoms with Crippen molar-refractivity contribution in [3.05, 3.63) is 0 Å². The molecule has 0 aromatic rings. The third kappa shape index (κ3) is 12.8. The normalized spacial score (nSPS) is 15.3. The van der Waals surface area contributed by atoms with E-state index in [2.05, 4.69) is 20.8 Å². The van der Waals surface area contributed by atoms with Crippen molar-refractivity contribution in [2.24, 2.45) is 5.41 Å². The number of methoxy groups -OCH3 is 1. The molecular formula is C15H32O5. The first kappa shape index (κ1) is 19.8. The van der Waals surface area contributed by atoms with Crippen LogP contribution in [0.2, 0.25) is 0 Å². The number of ether oxygens (including phenoxy) is 4. The maximum atomic E-state index is 8.58. The standard InChI is InChI=1S/C15H32O5/c1-13(11-18-7-6-16)20-9-8-19-12-14(17-5)10-15(2,3)4/h13-14,16H,6-12H2,1-5H3. The van der Waals surface area contributed by atoms with E-state index >= 15 is 0 Å². The van der Waals surface area contributed by atoms with Crippen LogP contribution in [-0.2, 0) is 18.9 Å². The molecule has 0 aromatic heterocycles. The van der Waals surface area contributed by atoms with Crippen LogP contribution in [0, 0.1) is 5.41 Å². The number of hydrogen-bond donors (Lipinski definition) is 1. The van der Waals surface area contributed by atoms with E-state index in [1.54, 1.807) is 7.11 Å². The lowest BCUT2D eigenvalue weighted by Crippen LogP contribution is -2.26. The molecule has 0 rings (SSSR count). The number of hydrogen-bond acceptors (Lipinski definition) is 5. The quantitative estimate of drug-likeness (QED) is 0.557. The molecule has 0 aliphatic carbocycles. The molecule has 0 saturated heterocycles. The highest BCUT2D eigenvalue weighted by molar-refractivity contribution is 4.68. The lowest BCUT2D eigenvalue weighted by Gasteiger charge is -2.24. The van der Waals surface area contributed by atoms with E-state index in [0.717, 1.165) is 6.42 Å². The van der Waals surface area contributed by atoms with Crippen molar-refractivity contribution >= 4 is 0 Å². The molecular weight excluding hydrogens is 260 g/mol. The molecule has 0 aliphatic heterocycles. The van der Waals surface area contributed by atoms with Gasteiger partial charge in [0.2, 0.25) is 0 Å². The molecule has 20 heavy (non-hydrogen) atoms. The second kappa shape index (κ2) is 11.5. The molecule has 5 heteroatoms. The van der Waals surface area contributed by atoms with Gasteiger partial charge in [-0.25, -0.2) is 0 Å². The monoisotopic (exact) mass is 292 g/mol. The van der Waals surface area contributed by atoms with E-state index in [4.69, 9.17) is 24.1 Å². The molecule has 2 unspecified atom stereocenters. The molecule has 0 spiro atoms. The first-order valence-electron chi connectivity index (χ1n) is 7.29. The van der Waals surface area contributed by atoms with Crippen LogP contribution >= 0.6 is 0 Å². The van der Waals surface area contributed by atoms with Crippen LogP contribution < -0.4 is 0 Å². The van der Waals surface area contributed by atoms with Crippen LogP contribution in [0.5, 0.6) is 0 Å². The molecule has 0 radical (unpaired) electrons. The average molecular weight is 292 g/mol. The summed E-state index contributed by atoms with van der Waals surface area (Å²) >= 11 is 0. The van der Waals surface area contributed by atoms with Crippen LogP contribution in [0.1, 0.15) is 34.1 Å². The summed E-state index contributed by atoms with van der Waals surface area (Å²) in [6.45, 7) is 11.1. The Hall–Kier alpha value is -0.200. The molecule has 0 aliphatic rings. The molecule has 2 atom stereocenters. The number of rotatable bonds is 12. The molecule has 5 nitrogen and oxygen atoms in total. The maximum absolute atomic E-state index is 8.58. The lowest BCUT2D eigenvalue weighted by atomic mass is 9.89. The van der Waals surface area contributed by atoms with Crippen LogP contribution in [0.3, 0.4) is 0 Å². The van der Waals surface area contributed by atoms with Crippen LogP contribution in [0.25, 0.3) is 0 Å². The summed E-state index contributed by atoms with van der Waals surface area (Å²) in [5.74, 6) is 0. The van der Waals surface area contributed by atoms with Gasteiger partial charge in [-0.15, -0.1) is 0 Å². The van der Waals surface area contributed by atoms with E-state index < -0.39 is 0 Å². The van der Waals surface area contributed by atoms with E-state index in [1.807, 2.05) is 6.92 Å². The Balaban J connectivity index is 3.54. The fourth-order valence-corrected chi connectivity index (χ4v) is 1.78. The maximum Gasteiger partial charge on any atom is 0.0809 e. The zero-order valence-corrected chi connectivity index (χ0v) is 13.7. The SMILES string of the molecule is COC(COCCOC(C)COCCO)CC(C)(C)C. The highest BCUT2D eigenvalue weighted by atomic mass is 16.6. The Morgan fingerprint density at radius 1 is 1.00 bits per heavy atom. The van der Waals surface area contributed by atoms with Crippen molar-refractivity contribution < 1.29 is 24.1 Å². The van der Waals surface area contributed by atoms with Crippen LogP contribution in [-0.4, -0.2) is 64.1 Å². The molecule has 0 fully saturated rings. The Kier molecular flexibility index (Phi) is 11.3. The minimum absolute atomic E-state index is 0.0120. The van der Waals surface area contributed by atoms with Crippen molar-refractivity contribution in [1.82, 2.24) is 0 Å². The van der Waals surface area contributed by atoms with Gasteiger partial charge in [0.25, 0.3) is 0 Å². The number of aliphatic hydroxyl groups is 1. The van der Waals surface area contributed by atoms with Crippen LogP contribution in [0.4, 0.5) is 0 Å². The highest BCUT2D eigenvalue weighted by Crippen LogP contribution is 2.22. The summed E-state index contributed by atoms with van der Waals surface area (Å²) in [5, 5.41) is 8.58.